The van der Waals surface area contributed by atoms with Gasteiger partial charge in [0.25, 0.3) is 0 Å². The first-order valence-corrected chi connectivity index (χ1v) is 10.1. The van der Waals surface area contributed by atoms with Gasteiger partial charge in [-0.2, -0.15) is 0 Å². The maximum Gasteiger partial charge on any atom is 0.241 e. The fourth-order valence-electron chi connectivity index (χ4n) is 2.27. The van der Waals surface area contributed by atoms with E-state index >= 15 is 0 Å². The van der Waals surface area contributed by atoms with Crippen LogP contribution in [-0.2, 0) is 16.6 Å². The molecule has 0 aliphatic rings. The summed E-state index contributed by atoms with van der Waals surface area (Å²) in [5, 5.41) is 1.21. The Morgan fingerprint density at radius 1 is 1.15 bits per heavy atom. The van der Waals surface area contributed by atoms with Crippen molar-refractivity contribution in [2.75, 3.05) is 0 Å². The SMILES string of the molecule is Cc1nc(-c2ccccc2Cl)sc1CNS(=O)(=O)c1cc(F)cc(F)c1. The summed E-state index contributed by atoms with van der Waals surface area (Å²) in [7, 11) is -4.06. The highest BCUT2D eigenvalue weighted by Gasteiger charge is 2.18. The van der Waals surface area contributed by atoms with E-state index in [1.807, 2.05) is 12.1 Å². The van der Waals surface area contributed by atoms with Crippen LogP contribution in [-0.4, -0.2) is 13.4 Å². The quantitative estimate of drug-likeness (QED) is 0.667. The van der Waals surface area contributed by atoms with Gasteiger partial charge < -0.3 is 0 Å². The van der Waals surface area contributed by atoms with Crippen LogP contribution in [0.5, 0.6) is 0 Å². The molecular formula is C17H13ClF2N2O2S2. The number of hydrogen-bond donors (Lipinski definition) is 1. The van der Waals surface area contributed by atoms with E-state index in [0.717, 1.165) is 17.7 Å². The van der Waals surface area contributed by atoms with Crippen molar-refractivity contribution in [3.05, 3.63) is 69.7 Å². The molecule has 2 aromatic carbocycles. The molecule has 3 rings (SSSR count). The summed E-state index contributed by atoms with van der Waals surface area (Å²) < 4.78 is 53.4. The van der Waals surface area contributed by atoms with Crippen LogP contribution < -0.4 is 4.72 Å². The average Bonchev–Trinajstić information content (AvgIpc) is 2.93. The summed E-state index contributed by atoms with van der Waals surface area (Å²) in [6, 6.07) is 9.35. The topological polar surface area (TPSA) is 59.1 Å². The molecule has 0 radical (unpaired) electrons. The second kappa shape index (κ2) is 7.40. The number of benzene rings is 2. The van der Waals surface area contributed by atoms with E-state index in [-0.39, 0.29) is 6.54 Å². The van der Waals surface area contributed by atoms with Gasteiger partial charge in [0.05, 0.1) is 15.6 Å². The van der Waals surface area contributed by atoms with Crippen LogP contribution in [0.4, 0.5) is 8.78 Å². The van der Waals surface area contributed by atoms with Crippen molar-refractivity contribution in [3.63, 3.8) is 0 Å². The molecule has 3 aromatic rings. The zero-order valence-electron chi connectivity index (χ0n) is 13.5. The predicted octanol–water partition coefficient (Wildman–Crippen LogP) is 4.53. The Morgan fingerprint density at radius 2 is 1.81 bits per heavy atom. The number of sulfonamides is 1. The molecule has 0 atom stereocenters. The molecule has 0 bridgehead atoms. The Bertz CT molecular complexity index is 1050. The van der Waals surface area contributed by atoms with E-state index in [0.29, 0.717) is 26.7 Å². The normalized spacial score (nSPS) is 11.7. The van der Waals surface area contributed by atoms with Crippen LogP contribution in [0.15, 0.2) is 47.4 Å². The van der Waals surface area contributed by atoms with E-state index in [9.17, 15) is 17.2 Å². The third-order valence-corrected chi connectivity index (χ3v) is 6.47. The first kappa shape index (κ1) is 18.9. The maximum atomic E-state index is 13.3. The van der Waals surface area contributed by atoms with Gasteiger partial charge in [-0.15, -0.1) is 11.3 Å². The van der Waals surface area contributed by atoms with Gasteiger partial charge in [-0.3, -0.25) is 0 Å². The van der Waals surface area contributed by atoms with Gasteiger partial charge in [0.1, 0.15) is 16.6 Å². The smallest absolute Gasteiger partial charge is 0.241 e. The molecule has 0 amide bonds. The number of nitrogens with zero attached hydrogens (tertiary/aromatic N) is 1. The molecule has 0 unspecified atom stereocenters. The Labute approximate surface area is 158 Å². The highest BCUT2D eigenvalue weighted by molar-refractivity contribution is 7.89. The molecule has 1 N–H and O–H groups in total. The Balaban J connectivity index is 1.83. The Morgan fingerprint density at radius 3 is 2.46 bits per heavy atom. The first-order chi connectivity index (χ1) is 12.3. The minimum absolute atomic E-state index is 0.0472. The molecule has 9 heteroatoms. The van der Waals surface area contributed by atoms with Crippen LogP contribution in [0.2, 0.25) is 5.02 Å². The number of aromatic nitrogens is 1. The molecule has 0 aliphatic carbocycles. The number of halogens is 3. The molecule has 0 saturated carbocycles. The molecule has 26 heavy (non-hydrogen) atoms. The van der Waals surface area contributed by atoms with Gasteiger partial charge in [0.2, 0.25) is 10.0 Å². The first-order valence-electron chi connectivity index (χ1n) is 7.43. The van der Waals surface area contributed by atoms with Gasteiger partial charge >= 0.3 is 0 Å². The van der Waals surface area contributed by atoms with Gasteiger partial charge in [-0.1, -0.05) is 29.8 Å². The highest BCUT2D eigenvalue weighted by atomic mass is 35.5. The fourth-order valence-corrected chi connectivity index (χ4v) is 4.72. The second-order valence-corrected chi connectivity index (χ2v) is 8.69. The van der Waals surface area contributed by atoms with E-state index < -0.39 is 26.6 Å². The molecule has 1 aromatic heterocycles. The summed E-state index contributed by atoms with van der Waals surface area (Å²) in [4.78, 5) is 4.63. The molecule has 0 aliphatic heterocycles. The molecule has 0 saturated heterocycles. The summed E-state index contributed by atoms with van der Waals surface area (Å²) in [5.41, 5.74) is 1.40. The van der Waals surface area contributed by atoms with Crippen LogP contribution in [0.3, 0.4) is 0 Å². The van der Waals surface area contributed by atoms with E-state index in [4.69, 9.17) is 11.6 Å². The number of nitrogens with one attached hydrogen (secondary N) is 1. The van der Waals surface area contributed by atoms with Gasteiger partial charge in [0, 0.05) is 23.1 Å². The lowest BCUT2D eigenvalue weighted by atomic mass is 10.2. The zero-order chi connectivity index (χ0) is 18.9. The highest BCUT2D eigenvalue weighted by Crippen LogP contribution is 2.32. The van der Waals surface area contributed by atoms with Crippen molar-refractivity contribution < 1.29 is 17.2 Å². The largest absolute Gasteiger partial charge is 0.241 e. The third kappa shape index (κ3) is 4.09. The third-order valence-electron chi connectivity index (χ3n) is 3.57. The molecule has 0 fully saturated rings. The monoisotopic (exact) mass is 414 g/mol. The van der Waals surface area contributed by atoms with Gasteiger partial charge in [-0.05, 0) is 25.1 Å². The van der Waals surface area contributed by atoms with E-state index in [1.54, 1.807) is 19.1 Å². The maximum absolute atomic E-state index is 13.3. The second-order valence-electron chi connectivity index (χ2n) is 5.44. The standard InChI is InChI=1S/C17H13ClF2N2O2S2/c1-10-16(25-17(22-10)14-4-2-3-5-15(14)18)9-21-26(23,24)13-7-11(19)6-12(20)8-13/h2-8,21H,9H2,1H3. The lowest BCUT2D eigenvalue weighted by Crippen LogP contribution is -2.23. The zero-order valence-corrected chi connectivity index (χ0v) is 15.9. The molecule has 4 nitrogen and oxygen atoms in total. The Hall–Kier alpha value is -1.87. The van der Waals surface area contributed by atoms with Crippen molar-refractivity contribution in [1.82, 2.24) is 9.71 Å². The van der Waals surface area contributed by atoms with Crippen LogP contribution in [0.25, 0.3) is 10.6 Å². The van der Waals surface area contributed by atoms with E-state index in [1.165, 1.54) is 11.3 Å². The summed E-state index contributed by atoms with van der Waals surface area (Å²) >= 11 is 7.46. The average molecular weight is 415 g/mol. The van der Waals surface area contributed by atoms with Crippen LogP contribution in [0.1, 0.15) is 10.6 Å². The van der Waals surface area contributed by atoms with Crippen molar-refractivity contribution in [2.24, 2.45) is 0 Å². The van der Waals surface area contributed by atoms with Crippen LogP contribution in [0, 0.1) is 18.6 Å². The van der Waals surface area contributed by atoms with E-state index in [2.05, 4.69) is 9.71 Å². The van der Waals surface area contributed by atoms with Gasteiger partial charge in [0.15, 0.2) is 0 Å². The molecular weight excluding hydrogens is 402 g/mol. The summed E-state index contributed by atoms with van der Waals surface area (Å²) in [6.45, 7) is 1.71. The lowest BCUT2D eigenvalue weighted by Gasteiger charge is -2.06. The number of aryl methyl sites for hydroxylation is 1. The van der Waals surface area contributed by atoms with Crippen molar-refractivity contribution >= 4 is 33.0 Å². The van der Waals surface area contributed by atoms with Crippen molar-refractivity contribution in [1.29, 1.82) is 0 Å². The summed E-state index contributed by atoms with van der Waals surface area (Å²) in [5.74, 6) is -1.92. The predicted molar refractivity (Wildman–Crippen MR) is 97.7 cm³/mol. The molecule has 1 heterocycles. The molecule has 0 spiro atoms. The fraction of sp³-hybridized carbons (Fsp3) is 0.118. The minimum atomic E-state index is -4.06. The lowest BCUT2D eigenvalue weighted by molar-refractivity contribution is 0.561. The Kier molecular flexibility index (Phi) is 5.38. The van der Waals surface area contributed by atoms with Crippen LogP contribution >= 0.6 is 22.9 Å². The summed E-state index contributed by atoms with van der Waals surface area (Å²) in [6.07, 6.45) is 0. The number of hydrogen-bond acceptors (Lipinski definition) is 4. The minimum Gasteiger partial charge on any atom is -0.241 e. The van der Waals surface area contributed by atoms with Gasteiger partial charge in [-0.25, -0.2) is 26.9 Å². The molecule has 136 valence electrons. The van der Waals surface area contributed by atoms with Crippen molar-refractivity contribution in [3.8, 4) is 10.6 Å². The number of thiazole rings is 1. The van der Waals surface area contributed by atoms with Crippen molar-refractivity contribution in [2.45, 2.75) is 18.4 Å². The number of rotatable bonds is 5.